The molecule has 1 spiro atoms. The molecule has 7 nitrogen and oxygen atoms in total. The van der Waals surface area contributed by atoms with E-state index in [-0.39, 0.29) is 12.5 Å². The van der Waals surface area contributed by atoms with Crippen LogP contribution >= 0.6 is 0 Å². The van der Waals surface area contributed by atoms with Crippen LogP contribution < -0.4 is 4.90 Å². The molecule has 0 N–H and O–H groups in total. The fraction of sp³-hybridized carbons (Fsp3) is 0.455. The minimum atomic E-state index is -3.58. The van der Waals surface area contributed by atoms with Crippen LogP contribution in [0.4, 0.5) is 5.69 Å². The van der Waals surface area contributed by atoms with Gasteiger partial charge < -0.3 is 4.90 Å². The molecule has 8 heteroatoms. The van der Waals surface area contributed by atoms with Crippen LogP contribution in [0.1, 0.15) is 31.7 Å². The quantitative estimate of drug-likeness (QED) is 0.747. The van der Waals surface area contributed by atoms with Crippen LogP contribution in [-0.2, 0) is 14.8 Å². The second-order valence-corrected chi connectivity index (χ2v) is 10.5. The van der Waals surface area contributed by atoms with E-state index in [2.05, 4.69) is 18.8 Å². The summed E-state index contributed by atoms with van der Waals surface area (Å²) in [5.41, 5.74) is 1.46. The zero-order valence-electron chi connectivity index (χ0n) is 17.7. The van der Waals surface area contributed by atoms with Crippen LogP contribution in [0.25, 0.3) is 0 Å². The largest absolute Gasteiger partial charge is 0.308 e. The number of carbonyl (C=O) groups excluding carboxylic acids is 1. The molecule has 1 amide bonds. The molecule has 0 saturated carbocycles. The standard InChI is InChI=1S/C22H28N4O3S/c1-17(2)18-6-8-20(9-7-18)30(28,29)25-12-10-22(15-25)16-26(21(27)14-24(22)3)19-5-4-11-23-13-19/h4-9,11,13,17H,10,12,14-16H2,1-3H3. The molecule has 4 rings (SSSR count). The molecule has 2 aromatic rings. The van der Waals surface area contributed by atoms with Gasteiger partial charge in [-0.2, -0.15) is 4.31 Å². The van der Waals surface area contributed by atoms with E-state index in [0.29, 0.717) is 36.9 Å². The van der Waals surface area contributed by atoms with E-state index in [1.165, 1.54) is 0 Å². The van der Waals surface area contributed by atoms with Gasteiger partial charge in [0.25, 0.3) is 0 Å². The average molecular weight is 429 g/mol. The van der Waals surface area contributed by atoms with Gasteiger partial charge in [0.05, 0.1) is 28.9 Å². The van der Waals surface area contributed by atoms with Gasteiger partial charge in [-0.25, -0.2) is 8.42 Å². The minimum absolute atomic E-state index is 0.00158. The van der Waals surface area contributed by atoms with Crippen molar-refractivity contribution in [1.82, 2.24) is 14.2 Å². The van der Waals surface area contributed by atoms with E-state index >= 15 is 0 Å². The molecule has 2 fully saturated rings. The fourth-order valence-electron chi connectivity index (χ4n) is 4.35. The Morgan fingerprint density at radius 2 is 1.83 bits per heavy atom. The highest BCUT2D eigenvalue weighted by Gasteiger charge is 2.50. The van der Waals surface area contributed by atoms with Gasteiger partial charge in [-0.1, -0.05) is 26.0 Å². The van der Waals surface area contributed by atoms with Crippen LogP contribution in [0.2, 0.25) is 0 Å². The van der Waals surface area contributed by atoms with E-state index < -0.39 is 15.6 Å². The Morgan fingerprint density at radius 1 is 1.10 bits per heavy atom. The molecular weight excluding hydrogens is 400 g/mol. The van der Waals surface area contributed by atoms with E-state index in [4.69, 9.17) is 0 Å². The SMILES string of the molecule is CC(C)c1ccc(S(=O)(=O)N2CCC3(CN(c4cccnc4)C(=O)CN3C)C2)cc1. The van der Waals surface area contributed by atoms with Crippen LogP contribution in [0.15, 0.2) is 53.7 Å². The average Bonchev–Trinajstić information content (AvgIpc) is 3.18. The number of hydrogen-bond donors (Lipinski definition) is 0. The Hall–Kier alpha value is -2.29. The summed E-state index contributed by atoms with van der Waals surface area (Å²) in [5.74, 6) is 0.352. The fourth-order valence-corrected chi connectivity index (χ4v) is 5.87. The normalized spacial score (nSPS) is 23.6. The second-order valence-electron chi connectivity index (χ2n) is 8.58. The third kappa shape index (κ3) is 3.64. The van der Waals surface area contributed by atoms with Crippen molar-refractivity contribution in [3.05, 3.63) is 54.4 Å². The predicted octanol–water partition coefficient (Wildman–Crippen LogP) is 2.32. The van der Waals surface area contributed by atoms with E-state index in [9.17, 15) is 13.2 Å². The summed E-state index contributed by atoms with van der Waals surface area (Å²) in [6.45, 7) is 5.68. The van der Waals surface area contributed by atoms with Crippen molar-refractivity contribution in [3.8, 4) is 0 Å². The predicted molar refractivity (Wildman–Crippen MR) is 116 cm³/mol. The number of amides is 1. The summed E-state index contributed by atoms with van der Waals surface area (Å²) < 4.78 is 28.1. The van der Waals surface area contributed by atoms with Crippen molar-refractivity contribution in [3.63, 3.8) is 0 Å². The molecule has 1 unspecified atom stereocenters. The summed E-state index contributed by atoms with van der Waals surface area (Å²) in [5, 5.41) is 0. The van der Waals surface area contributed by atoms with Gasteiger partial charge in [0.15, 0.2) is 0 Å². The van der Waals surface area contributed by atoms with Gasteiger partial charge >= 0.3 is 0 Å². The number of pyridine rings is 1. The second kappa shape index (κ2) is 7.76. The molecule has 160 valence electrons. The monoisotopic (exact) mass is 428 g/mol. The highest BCUT2D eigenvalue weighted by molar-refractivity contribution is 7.89. The molecule has 2 saturated heterocycles. The lowest BCUT2D eigenvalue weighted by Gasteiger charge is -2.46. The molecule has 2 aliphatic rings. The van der Waals surface area contributed by atoms with Gasteiger partial charge in [-0.05, 0) is 49.2 Å². The zero-order chi connectivity index (χ0) is 21.5. The number of sulfonamides is 1. The molecule has 1 atom stereocenters. The number of anilines is 1. The Bertz CT molecular complexity index is 1020. The maximum atomic E-state index is 13.3. The first kappa shape index (κ1) is 21.0. The third-order valence-corrected chi connectivity index (χ3v) is 8.23. The molecule has 1 aromatic carbocycles. The van der Waals surface area contributed by atoms with Gasteiger partial charge in [0, 0.05) is 25.8 Å². The number of hydrogen-bond acceptors (Lipinski definition) is 5. The van der Waals surface area contributed by atoms with Crippen LogP contribution in [0.3, 0.4) is 0 Å². The summed E-state index contributed by atoms with van der Waals surface area (Å²) in [6.07, 6.45) is 4.03. The lowest BCUT2D eigenvalue weighted by molar-refractivity contribution is -0.123. The summed E-state index contributed by atoms with van der Waals surface area (Å²) in [4.78, 5) is 20.9. The van der Waals surface area contributed by atoms with E-state index in [0.717, 1.165) is 11.3 Å². The molecule has 0 bridgehead atoms. The Morgan fingerprint density at radius 3 is 2.47 bits per heavy atom. The Kier molecular flexibility index (Phi) is 5.42. The highest BCUT2D eigenvalue weighted by Crippen LogP contribution is 2.35. The molecule has 0 aliphatic carbocycles. The van der Waals surface area contributed by atoms with Crippen molar-refractivity contribution >= 4 is 21.6 Å². The van der Waals surface area contributed by atoms with E-state index in [1.807, 2.05) is 30.1 Å². The number of likely N-dealkylation sites (N-methyl/N-ethyl adjacent to an activating group) is 1. The van der Waals surface area contributed by atoms with Crippen LogP contribution in [0, 0.1) is 0 Å². The molecular formula is C22H28N4O3S. The zero-order valence-corrected chi connectivity index (χ0v) is 18.5. The maximum Gasteiger partial charge on any atom is 0.243 e. The lowest BCUT2D eigenvalue weighted by atomic mass is 9.93. The van der Waals surface area contributed by atoms with Crippen molar-refractivity contribution in [1.29, 1.82) is 0 Å². The molecule has 2 aliphatic heterocycles. The molecule has 30 heavy (non-hydrogen) atoms. The first-order chi connectivity index (χ1) is 14.2. The number of carbonyl (C=O) groups is 1. The number of aromatic nitrogens is 1. The van der Waals surface area contributed by atoms with Crippen molar-refractivity contribution in [2.75, 3.05) is 38.1 Å². The Labute approximate surface area is 178 Å². The molecule has 3 heterocycles. The summed E-state index contributed by atoms with van der Waals surface area (Å²) >= 11 is 0. The third-order valence-electron chi connectivity index (χ3n) is 6.38. The first-order valence-electron chi connectivity index (χ1n) is 10.2. The van der Waals surface area contributed by atoms with Gasteiger partial charge in [-0.15, -0.1) is 0 Å². The van der Waals surface area contributed by atoms with Crippen molar-refractivity contribution in [2.45, 2.75) is 36.6 Å². The van der Waals surface area contributed by atoms with Crippen molar-refractivity contribution in [2.24, 2.45) is 0 Å². The number of benzene rings is 1. The topological polar surface area (TPSA) is 73.8 Å². The first-order valence-corrected chi connectivity index (χ1v) is 11.7. The maximum absolute atomic E-state index is 13.3. The van der Waals surface area contributed by atoms with Gasteiger partial charge in [0.1, 0.15) is 0 Å². The minimum Gasteiger partial charge on any atom is -0.308 e. The van der Waals surface area contributed by atoms with Gasteiger partial charge in [-0.3, -0.25) is 14.7 Å². The van der Waals surface area contributed by atoms with E-state index in [1.54, 1.807) is 39.8 Å². The smallest absolute Gasteiger partial charge is 0.243 e. The summed E-state index contributed by atoms with van der Waals surface area (Å²) in [6, 6.07) is 10.8. The van der Waals surface area contributed by atoms with Crippen LogP contribution in [0.5, 0.6) is 0 Å². The van der Waals surface area contributed by atoms with Gasteiger partial charge in [0.2, 0.25) is 15.9 Å². The molecule has 1 aromatic heterocycles. The number of piperazine rings is 1. The number of nitrogens with zero attached hydrogens (tertiary/aromatic N) is 4. The number of rotatable bonds is 4. The van der Waals surface area contributed by atoms with Crippen LogP contribution in [-0.4, -0.2) is 67.3 Å². The van der Waals surface area contributed by atoms with Crippen molar-refractivity contribution < 1.29 is 13.2 Å². The molecule has 0 radical (unpaired) electrons. The lowest BCUT2D eigenvalue weighted by Crippen LogP contribution is -2.64. The summed E-state index contributed by atoms with van der Waals surface area (Å²) in [7, 11) is -1.68. The Balaban J connectivity index is 1.58. The highest BCUT2D eigenvalue weighted by atomic mass is 32.2.